The van der Waals surface area contributed by atoms with E-state index in [9.17, 15) is 13.2 Å². The van der Waals surface area contributed by atoms with Crippen LogP contribution in [-0.2, 0) is 21.2 Å². The van der Waals surface area contributed by atoms with E-state index < -0.39 is 10.0 Å². The minimum atomic E-state index is -3.40. The number of hydrogen-bond acceptors (Lipinski definition) is 3. The van der Waals surface area contributed by atoms with Crippen molar-refractivity contribution in [2.45, 2.75) is 56.3 Å². The van der Waals surface area contributed by atoms with Crippen molar-refractivity contribution < 1.29 is 13.2 Å². The molecule has 4 rings (SSSR count). The van der Waals surface area contributed by atoms with Crippen LogP contribution >= 0.6 is 0 Å². The molecule has 0 aromatic heterocycles. The molecule has 5 nitrogen and oxygen atoms in total. The number of benzene rings is 1. The minimum Gasteiger partial charge on any atom is -0.342 e. The van der Waals surface area contributed by atoms with Crippen LogP contribution in [0.1, 0.15) is 50.5 Å². The van der Waals surface area contributed by atoms with Crippen LogP contribution in [0.25, 0.3) is 0 Å². The van der Waals surface area contributed by atoms with Gasteiger partial charge in [0, 0.05) is 26.2 Å². The molecule has 1 saturated carbocycles. The van der Waals surface area contributed by atoms with Crippen LogP contribution in [0.5, 0.6) is 0 Å². The first-order valence-corrected chi connectivity index (χ1v) is 11.8. The van der Waals surface area contributed by atoms with Gasteiger partial charge in [0.05, 0.1) is 11.3 Å². The molecule has 0 radical (unpaired) electrons. The summed E-state index contributed by atoms with van der Waals surface area (Å²) in [7, 11) is -3.40. The molecule has 2 heterocycles. The lowest BCUT2D eigenvalue weighted by Crippen LogP contribution is -2.41. The number of sulfonamides is 1. The summed E-state index contributed by atoms with van der Waals surface area (Å²) in [5.74, 6) is 1.71. The molecule has 1 aromatic rings. The summed E-state index contributed by atoms with van der Waals surface area (Å²) in [6, 6.07) is 6.93. The summed E-state index contributed by atoms with van der Waals surface area (Å²) in [6.07, 6.45) is 8.37. The van der Waals surface area contributed by atoms with Crippen molar-refractivity contribution in [1.29, 1.82) is 0 Å². The molecule has 1 unspecified atom stereocenters. The van der Waals surface area contributed by atoms with Crippen LogP contribution in [0.2, 0.25) is 0 Å². The van der Waals surface area contributed by atoms with Gasteiger partial charge in [0.15, 0.2) is 0 Å². The molecule has 27 heavy (non-hydrogen) atoms. The summed E-state index contributed by atoms with van der Waals surface area (Å²) < 4.78 is 27.0. The van der Waals surface area contributed by atoms with Gasteiger partial charge in [0.25, 0.3) is 0 Å². The standard InChI is InChI=1S/C21H30N2O3S/c24-21(22-12-4-5-19(16-22)18-8-9-18)15-17-6-10-20(11-7-17)27(25,26)23-13-2-1-3-14-23/h6-7,10-11,18-19H,1-5,8-9,12-16H2. The van der Waals surface area contributed by atoms with E-state index in [2.05, 4.69) is 0 Å². The van der Waals surface area contributed by atoms with Crippen LogP contribution < -0.4 is 0 Å². The fourth-order valence-electron chi connectivity index (χ4n) is 4.51. The highest BCUT2D eigenvalue weighted by Crippen LogP contribution is 2.41. The number of nitrogens with zero attached hydrogens (tertiary/aromatic N) is 2. The number of likely N-dealkylation sites (tertiary alicyclic amines) is 1. The molecule has 0 spiro atoms. The van der Waals surface area contributed by atoms with Gasteiger partial charge in [0.1, 0.15) is 0 Å². The van der Waals surface area contributed by atoms with Crippen LogP contribution in [0.4, 0.5) is 0 Å². The van der Waals surface area contributed by atoms with Crippen LogP contribution in [0.15, 0.2) is 29.2 Å². The number of piperidine rings is 2. The number of hydrogen-bond donors (Lipinski definition) is 0. The van der Waals surface area contributed by atoms with E-state index in [-0.39, 0.29) is 5.91 Å². The van der Waals surface area contributed by atoms with Crippen LogP contribution in [-0.4, -0.2) is 49.7 Å². The van der Waals surface area contributed by atoms with Crippen LogP contribution in [0, 0.1) is 11.8 Å². The molecule has 2 saturated heterocycles. The molecule has 3 aliphatic rings. The molecular formula is C21H30N2O3S. The zero-order valence-electron chi connectivity index (χ0n) is 16.0. The maximum atomic E-state index is 12.7. The van der Waals surface area contributed by atoms with E-state index in [4.69, 9.17) is 0 Å². The maximum absolute atomic E-state index is 12.7. The summed E-state index contributed by atoms with van der Waals surface area (Å²) in [6.45, 7) is 2.99. The topological polar surface area (TPSA) is 57.7 Å². The predicted molar refractivity (Wildman–Crippen MR) is 105 cm³/mol. The van der Waals surface area contributed by atoms with Gasteiger partial charge in [-0.3, -0.25) is 4.79 Å². The molecule has 0 bridgehead atoms. The molecule has 0 N–H and O–H groups in total. The van der Waals surface area contributed by atoms with Crippen molar-refractivity contribution in [3.8, 4) is 0 Å². The lowest BCUT2D eigenvalue weighted by atomic mass is 9.93. The first kappa shape index (κ1) is 18.9. The lowest BCUT2D eigenvalue weighted by molar-refractivity contribution is -0.132. The first-order valence-electron chi connectivity index (χ1n) is 10.4. The molecule has 1 aromatic carbocycles. The molecule has 6 heteroatoms. The van der Waals surface area contributed by atoms with Gasteiger partial charge in [0.2, 0.25) is 15.9 Å². The normalized spacial score (nSPS) is 24.7. The van der Waals surface area contributed by atoms with Crippen LogP contribution in [0.3, 0.4) is 0 Å². The van der Waals surface area contributed by atoms with Gasteiger partial charge in [-0.2, -0.15) is 4.31 Å². The summed E-state index contributed by atoms with van der Waals surface area (Å²) >= 11 is 0. The minimum absolute atomic E-state index is 0.173. The Morgan fingerprint density at radius 3 is 2.26 bits per heavy atom. The van der Waals surface area contributed by atoms with Crippen molar-refractivity contribution in [2.75, 3.05) is 26.2 Å². The SMILES string of the molecule is O=C(Cc1ccc(S(=O)(=O)N2CCCCC2)cc1)N1CCCC(C2CC2)C1. The Balaban J connectivity index is 1.38. The highest BCUT2D eigenvalue weighted by Gasteiger charge is 2.35. The highest BCUT2D eigenvalue weighted by atomic mass is 32.2. The first-order chi connectivity index (χ1) is 13.0. The quantitative estimate of drug-likeness (QED) is 0.776. The van der Waals surface area contributed by atoms with Gasteiger partial charge in [-0.25, -0.2) is 8.42 Å². The Morgan fingerprint density at radius 1 is 0.889 bits per heavy atom. The number of rotatable bonds is 5. The predicted octanol–water partition coefficient (Wildman–Crippen LogP) is 3.05. The third-order valence-corrected chi connectivity index (χ3v) is 8.24. The molecule has 148 valence electrons. The second-order valence-electron chi connectivity index (χ2n) is 8.36. The van der Waals surface area contributed by atoms with Gasteiger partial charge in [-0.05, 0) is 68.1 Å². The van der Waals surface area contributed by atoms with Crippen molar-refractivity contribution in [3.63, 3.8) is 0 Å². The van der Waals surface area contributed by atoms with Crippen molar-refractivity contribution >= 4 is 15.9 Å². The zero-order valence-corrected chi connectivity index (χ0v) is 16.8. The fourth-order valence-corrected chi connectivity index (χ4v) is 6.03. The molecule has 3 fully saturated rings. The number of carbonyl (C=O) groups excluding carboxylic acids is 1. The fraction of sp³-hybridized carbons (Fsp3) is 0.667. The Hall–Kier alpha value is -1.40. The Morgan fingerprint density at radius 2 is 1.59 bits per heavy atom. The second kappa shape index (κ2) is 7.92. The van der Waals surface area contributed by atoms with Gasteiger partial charge in [-0.1, -0.05) is 18.6 Å². The van der Waals surface area contributed by atoms with E-state index in [1.165, 1.54) is 19.3 Å². The van der Waals surface area contributed by atoms with Gasteiger partial charge >= 0.3 is 0 Å². The Kier molecular flexibility index (Phi) is 5.55. The van der Waals surface area contributed by atoms with E-state index >= 15 is 0 Å². The van der Waals surface area contributed by atoms with E-state index in [1.807, 2.05) is 4.90 Å². The second-order valence-corrected chi connectivity index (χ2v) is 10.3. The van der Waals surface area contributed by atoms with Crippen molar-refractivity contribution in [1.82, 2.24) is 9.21 Å². The van der Waals surface area contributed by atoms with Crippen molar-refractivity contribution in [3.05, 3.63) is 29.8 Å². The molecule has 1 amide bonds. The largest absolute Gasteiger partial charge is 0.342 e. The maximum Gasteiger partial charge on any atom is 0.243 e. The zero-order chi connectivity index (χ0) is 18.9. The highest BCUT2D eigenvalue weighted by molar-refractivity contribution is 7.89. The third-order valence-electron chi connectivity index (χ3n) is 6.33. The molecule has 1 aliphatic carbocycles. The van der Waals surface area contributed by atoms with Gasteiger partial charge < -0.3 is 4.90 Å². The summed E-state index contributed by atoms with van der Waals surface area (Å²) in [4.78, 5) is 15.0. The Bertz CT molecular complexity index is 765. The van der Waals surface area contributed by atoms with E-state index in [1.54, 1.807) is 28.6 Å². The average Bonchev–Trinajstić information content (AvgIpc) is 3.54. The molecule has 1 atom stereocenters. The monoisotopic (exact) mass is 390 g/mol. The lowest BCUT2D eigenvalue weighted by Gasteiger charge is -2.33. The molecular weight excluding hydrogens is 360 g/mol. The van der Waals surface area contributed by atoms with Gasteiger partial charge in [-0.15, -0.1) is 0 Å². The number of amides is 1. The smallest absolute Gasteiger partial charge is 0.243 e. The summed E-state index contributed by atoms with van der Waals surface area (Å²) in [5.41, 5.74) is 0.895. The van der Waals surface area contributed by atoms with E-state index in [0.29, 0.717) is 30.3 Å². The van der Waals surface area contributed by atoms with Crippen molar-refractivity contribution in [2.24, 2.45) is 11.8 Å². The average molecular weight is 391 g/mol. The number of carbonyl (C=O) groups is 1. The Labute approximate surface area is 162 Å². The van der Waals surface area contributed by atoms with E-state index in [0.717, 1.165) is 50.3 Å². The third kappa shape index (κ3) is 4.37. The molecule has 2 aliphatic heterocycles. The summed E-state index contributed by atoms with van der Waals surface area (Å²) in [5, 5.41) is 0.